The topological polar surface area (TPSA) is 76.0 Å². The zero-order chi connectivity index (χ0) is 16.1. The minimum absolute atomic E-state index is 0.133. The molecule has 1 heterocycles. The molecule has 2 rings (SSSR count). The predicted molar refractivity (Wildman–Crippen MR) is 76.6 cm³/mol. The first-order valence-electron chi connectivity index (χ1n) is 6.48. The largest absolute Gasteiger partial charge is 0.336 e. The quantitative estimate of drug-likeness (QED) is 0.902. The third-order valence-electron chi connectivity index (χ3n) is 2.89. The van der Waals surface area contributed by atoms with Gasteiger partial charge in [0.25, 0.3) is 5.56 Å². The van der Waals surface area contributed by atoms with Crippen molar-refractivity contribution >= 4 is 11.7 Å². The number of urea groups is 1. The lowest BCUT2D eigenvalue weighted by molar-refractivity contribution is 0.251. The van der Waals surface area contributed by atoms with Gasteiger partial charge >= 0.3 is 6.03 Å². The van der Waals surface area contributed by atoms with E-state index in [0.717, 1.165) is 18.2 Å². The van der Waals surface area contributed by atoms with Crippen molar-refractivity contribution in [2.24, 2.45) is 0 Å². The number of anilines is 1. The van der Waals surface area contributed by atoms with E-state index in [9.17, 15) is 18.4 Å². The van der Waals surface area contributed by atoms with E-state index in [1.807, 2.05) is 0 Å². The monoisotopic (exact) mass is 308 g/mol. The number of nitrogens with zero attached hydrogens (tertiary/aromatic N) is 2. The summed E-state index contributed by atoms with van der Waals surface area (Å²) >= 11 is 0. The Hall–Kier alpha value is -2.77. The average molecular weight is 308 g/mol. The second kappa shape index (κ2) is 6.79. The van der Waals surface area contributed by atoms with Crippen molar-refractivity contribution in [1.82, 2.24) is 14.9 Å². The lowest BCUT2D eigenvalue weighted by Gasteiger charge is -2.09. The molecular formula is C14H14F2N4O2. The van der Waals surface area contributed by atoms with Crippen molar-refractivity contribution in [3.63, 3.8) is 0 Å². The number of aromatic nitrogens is 2. The van der Waals surface area contributed by atoms with Gasteiger partial charge in [0.05, 0.1) is 12.0 Å². The van der Waals surface area contributed by atoms with E-state index in [2.05, 4.69) is 15.6 Å². The van der Waals surface area contributed by atoms with Crippen molar-refractivity contribution in [3.05, 3.63) is 58.3 Å². The van der Waals surface area contributed by atoms with Crippen LogP contribution < -0.4 is 16.2 Å². The highest BCUT2D eigenvalue weighted by molar-refractivity contribution is 5.89. The van der Waals surface area contributed by atoms with E-state index in [1.54, 1.807) is 6.92 Å². The van der Waals surface area contributed by atoms with E-state index in [0.29, 0.717) is 5.56 Å². The van der Waals surface area contributed by atoms with E-state index in [1.165, 1.54) is 17.1 Å². The number of aryl methyl sites for hydroxylation is 1. The van der Waals surface area contributed by atoms with Gasteiger partial charge in [0.15, 0.2) is 0 Å². The molecule has 0 aliphatic rings. The Kier molecular flexibility index (Phi) is 4.82. The summed E-state index contributed by atoms with van der Waals surface area (Å²) in [6.45, 7) is 1.99. The number of carbonyl (C=O) groups excluding carboxylic acids is 1. The van der Waals surface area contributed by atoms with Crippen molar-refractivity contribution < 1.29 is 13.6 Å². The number of rotatable bonds is 4. The first kappa shape index (κ1) is 15.6. The highest BCUT2D eigenvalue weighted by Gasteiger charge is 2.08. The molecule has 2 amide bonds. The third kappa shape index (κ3) is 3.87. The zero-order valence-electron chi connectivity index (χ0n) is 11.8. The van der Waals surface area contributed by atoms with E-state index in [4.69, 9.17) is 0 Å². The molecule has 22 heavy (non-hydrogen) atoms. The van der Waals surface area contributed by atoms with Gasteiger partial charge in [0, 0.05) is 30.9 Å². The molecule has 0 saturated carbocycles. The van der Waals surface area contributed by atoms with Crippen LogP contribution >= 0.6 is 0 Å². The van der Waals surface area contributed by atoms with Gasteiger partial charge in [-0.15, -0.1) is 0 Å². The van der Waals surface area contributed by atoms with Crippen LogP contribution in [0.25, 0.3) is 0 Å². The van der Waals surface area contributed by atoms with Crippen LogP contribution in [0.2, 0.25) is 0 Å². The molecule has 6 nitrogen and oxygen atoms in total. The van der Waals surface area contributed by atoms with Gasteiger partial charge in [-0.2, -0.15) is 0 Å². The fourth-order valence-electron chi connectivity index (χ4n) is 1.77. The summed E-state index contributed by atoms with van der Waals surface area (Å²) < 4.78 is 27.7. The molecule has 2 N–H and O–H groups in total. The van der Waals surface area contributed by atoms with Crippen molar-refractivity contribution in [3.8, 4) is 0 Å². The first-order valence-corrected chi connectivity index (χ1v) is 6.48. The van der Waals surface area contributed by atoms with Crippen LogP contribution in [0.3, 0.4) is 0 Å². The predicted octanol–water partition coefficient (Wildman–Crippen LogP) is 1.65. The summed E-state index contributed by atoms with van der Waals surface area (Å²) in [5, 5.41) is 4.64. The van der Waals surface area contributed by atoms with Gasteiger partial charge < -0.3 is 10.6 Å². The highest BCUT2D eigenvalue weighted by Crippen LogP contribution is 2.14. The van der Waals surface area contributed by atoms with Crippen LogP contribution in [0.15, 0.2) is 35.5 Å². The summed E-state index contributed by atoms with van der Waals surface area (Å²) in [5.41, 5.74) is 0.0362. The standard InChI is InChI=1S/C14H14F2N4O2/c1-9-7-17-8-20(13(9)21)5-4-18-14(22)19-12-6-10(15)2-3-11(12)16/h2-3,6-8H,4-5H2,1H3,(H2,18,19,22). The smallest absolute Gasteiger partial charge is 0.319 e. The molecule has 1 aromatic carbocycles. The van der Waals surface area contributed by atoms with Gasteiger partial charge in [-0.1, -0.05) is 0 Å². The van der Waals surface area contributed by atoms with Crippen LogP contribution in [-0.4, -0.2) is 22.1 Å². The Morgan fingerprint density at radius 3 is 2.91 bits per heavy atom. The lowest BCUT2D eigenvalue weighted by atomic mass is 10.3. The Labute approximate surface area is 124 Å². The lowest BCUT2D eigenvalue weighted by Crippen LogP contribution is -2.34. The molecule has 0 aliphatic carbocycles. The number of benzene rings is 1. The van der Waals surface area contributed by atoms with Gasteiger partial charge in [0.2, 0.25) is 0 Å². The molecule has 0 unspecified atom stereocenters. The van der Waals surface area contributed by atoms with Gasteiger partial charge in [-0.25, -0.2) is 18.6 Å². The molecule has 1 aromatic heterocycles. The molecular weight excluding hydrogens is 294 g/mol. The van der Waals surface area contributed by atoms with Crippen LogP contribution in [-0.2, 0) is 6.54 Å². The van der Waals surface area contributed by atoms with E-state index < -0.39 is 17.7 Å². The summed E-state index contributed by atoms with van der Waals surface area (Å²) in [4.78, 5) is 27.2. The number of nitrogens with one attached hydrogen (secondary N) is 2. The molecule has 2 aromatic rings. The normalized spacial score (nSPS) is 10.3. The number of amides is 2. The first-order chi connectivity index (χ1) is 10.5. The van der Waals surface area contributed by atoms with Crippen LogP contribution in [0, 0.1) is 18.6 Å². The maximum Gasteiger partial charge on any atom is 0.319 e. The molecule has 0 fully saturated rings. The zero-order valence-corrected chi connectivity index (χ0v) is 11.8. The Morgan fingerprint density at radius 1 is 1.36 bits per heavy atom. The molecule has 0 radical (unpaired) electrons. The molecule has 0 aliphatic heterocycles. The fourth-order valence-corrected chi connectivity index (χ4v) is 1.77. The molecule has 0 spiro atoms. The average Bonchev–Trinajstić information content (AvgIpc) is 2.47. The van der Waals surface area contributed by atoms with Crippen LogP contribution in [0.1, 0.15) is 5.56 Å². The number of halogens is 2. The van der Waals surface area contributed by atoms with Crippen molar-refractivity contribution in [2.45, 2.75) is 13.5 Å². The van der Waals surface area contributed by atoms with Crippen molar-refractivity contribution in [1.29, 1.82) is 0 Å². The fraction of sp³-hybridized carbons (Fsp3) is 0.214. The number of carbonyl (C=O) groups is 1. The van der Waals surface area contributed by atoms with Crippen LogP contribution in [0.4, 0.5) is 19.3 Å². The van der Waals surface area contributed by atoms with Gasteiger partial charge in [-0.3, -0.25) is 9.36 Å². The molecule has 0 saturated heterocycles. The molecule has 0 atom stereocenters. The van der Waals surface area contributed by atoms with Crippen LogP contribution in [0.5, 0.6) is 0 Å². The van der Waals surface area contributed by atoms with E-state index in [-0.39, 0.29) is 24.3 Å². The minimum Gasteiger partial charge on any atom is -0.336 e. The molecule has 116 valence electrons. The summed E-state index contributed by atoms with van der Waals surface area (Å²) in [5.74, 6) is -1.40. The third-order valence-corrected chi connectivity index (χ3v) is 2.89. The maximum atomic E-state index is 13.4. The minimum atomic E-state index is -0.740. The molecule has 8 heteroatoms. The van der Waals surface area contributed by atoms with Gasteiger partial charge in [0.1, 0.15) is 11.6 Å². The Morgan fingerprint density at radius 2 is 2.14 bits per heavy atom. The number of hydrogen-bond donors (Lipinski definition) is 2. The summed E-state index contributed by atoms with van der Waals surface area (Å²) in [6.07, 6.45) is 2.81. The summed E-state index contributed by atoms with van der Waals surface area (Å²) in [7, 11) is 0. The summed E-state index contributed by atoms with van der Waals surface area (Å²) in [6, 6.07) is 2.06. The number of hydrogen-bond acceptors (Lipinski definition) is 3. The molecule has 0 bridgehead atoms. The van der Waals surface area contributed by atoms with Gasteiger partial charge in [-0.05, 0) is 19.1 Å². The van der Waals surface area contributed by atoms with E-state index >= 15 is 0 Å². The Bertz CT molecular complexity index is 746. The van der Waals surface area contributed by atoms with Crippen molar-refractivity contribution in [2.75, 3.05) is 11.9 Å². The highest BCUT2D eigenvalue weighted by atomic mass is 19.1. The Balaban J connectivity index is 1.89. The second-order valence-corrected chi connectivity index (χ2v) is 4.58. The maximum absolute atomic E-state index is 13.4. The second-order valence-electron chi connectivity index (χ2n) is 4.58. The SMILES string of the molecule is Cc1cncn(CCNC(=O)Nc2cc(F)ccc2F)c1=O.